The van der Waals surface area contributed by atoms with Crippen molar-refractivity contribution in [3.05, 3.63) is 21.3 Å². The molecular formula is C10H14O4S2. The predicted octanol–water partition coefficient (Wildman–Crippen LogP) is 3.12. The van der Waals surface area contributed by atoms with Crippen LogP contribution in [0, 0.1) is 0 Å². The van der Waals surface area contributed by atoms with E-state index in [1.54, 1.807) is 0 Å². The zero-order valence-electron chi connectivity index (χ0n) is 9.53. The van der Waals surface area contributed by atoms with Gasteiger partial charge in [-0.15, -0.1) is 0 Å². The molecule has 0 unspecified atom stereocenters. The fourth-order valence-corrected chi connectivity index (χ4v) is 3.40. The van der Waals surface area contributed by atoms with E-state index in [2.05, 4.69) is 0 Å². The van der Waals surface area contributed by atoms with Crippen molar-refractivity contribution in [2.75, 3.05) is 0 Å². The second-order valence-electron chi connectivity index (χ2n) is 3.11. The van der Waals surface area contributed by atoms with E-state index in [0.717, 1.165) is 21.6 Å². The molecule has 6 heteroatoms. The van der Waals surface area contributed by atoms with Crippen LogP contribution in [0.25, 0.3) is 0 Å². The smallest absolute Gasteiger partial charge is 0.170 e. The van der Waals surface area contributed by atoms with E-state index in [-0.39, 0.29) is 32.9 Å². The van der Waals surface area contributed by atoms with Crippen LogP contribution in [-0.4, -0.2) is 21.8 Å². The van der Waals surface area contributed by atoms with E-state index < -0.39 is 0 Å². The number of allylic oxidation sites excluding steroid dienone is 4. The van der Waals surface area contributed by atoms with Gasteiger partial charge < -0.3 is 10.2 Å². The molecule has 0 amide bonds. The Balaban J connectivity index is 4.80. The van der Waals surface area contributed by atoms with Crippen molar-refractivity contribution in [3.63, 3.8) is 0 Å². The van der Waals surface area contributed by atoms with Crippen molar-refractivity contribution in [3.8, 4) is 0 Å². The number of carbonyl (C=O) groups is 2. The van der Waals surface area contributed by atoms with E-state index in [1.165, 1.54) is 27.7 Å². The number of hydrogen-bond donors (Lipinski definition) is 2. The highest BCUT2D eigenvalue weighted by molar-refractivity contribution is 8.80. The van der Waals surface area contributed by atoms with Gasteiger partial charge in [0.15, 0.2) is 11.6 Å². The van der Waals surface area contributed by atoms with Crippen molar-refractivity contribution in [2.24, 2.45) is 0 Å². The minimum Gasteiger partial charge on any atom is -0.511 e. The summed E-state index contributed by atoms with van der Waals surface area (Å²) in [7, 11) is 1.92. The highest BCUT2D eigenvalue weighted by Gasteiger charge is 2.15. The number of carbonyl (C=O) groups excluding carboxylic acids is 2. The SMILES string of the molecule is CC(=O)/C(SS/C(C(C)=O)=C(/C)O)=C(\C)O. The van der Waals surface area contributed by atoms with E-state index in [9.17, 15) is 19.8 Å². The van der Waals surface area contributed by atoms with Gasteiger partial charge in [-0.25, -0.2) is 0 Å². The lowest BCUT2D eigenvalue weighted by Gasteiger charge is -2.06. The zero-order chi connectivity index (χ0) is 12.9. The summed E-state index contributed by atoms with van der Waals surface area (Å²) in [6.07, 6.45) is 0. The van der Waals surface area contributed by atoms with Crippen LogP contribution in [-0.2, 0) is 9.59 Å². The summed E-state index contributed by atoms with van der Waals surface area (Å²) in [5.74, 6) is -0.751. The Hall–Kier alpha value is -0.880. The van der Waals surface area contributed by atoms with Gasteiger partial charge in [-0.2, -0.15) is 0 Å². The maximum atomic E-state index is 11.1. The molecule has 0 saturated carbocycles. The third-order valence-electron chi connectivity index (χ3n) is 1.51. The van der Waals surface area contributed by atoms with Crippen molar-refractivity contribution in [2.45, 2.75) is 27.7 Å². The maximum Gasteiger partial charge on any atom is 0.170 e. The highest BCUT2D eigenvalue weighted by atomic mass is 33.1. The lowest BCUT2D eigenvalue weighted by Crippen LogP contribution is -1.98. The Morgan fingerprint density at radius 1 is 0.750 bits per heavy atom. The summed E-state index contributed by atoms with van der Waals surface area (Å²) in [6.45, 7) is 5.44. The van der Waals surface area contributed by atoms with Crippen molar-refractivity contribution >= 4 is 33.2 Å². The van der Waals surface area contributed by atoms with Gasteiger partial charge in [0.1, 0.15) is 11.5 Å². The summed E-state index contributed by atoms with van der Waals surface area (Å²) < 4.78 is 0. The van der Waals surface area contributed by atoms with Gasteiger partial charge in [-0.3, -0.25) is 9.59 Å². The molecule has 0 aromatic carbocycles. The Kier molecular flexibility index (Phi) is 6.28. The molecule has 0 bridgehead atoms. The van der Waals surface area contributed by atoms with Gasteiger partial charge >= 0.3 is 0 Å². The molecule has 0 aromatic rings. The molecule has 0 heterocycles. The summed E-state index contributed by atoms with van der Waals surface area (Å²) in [5.41, 5.74) is 0. The first-order valence-electron chi connectivity index (χ1n) is 4.43. The average molecular weight is 262 g/mol. The van der Waals surface area contributed by atoms with Crippen LogP contribution in [0.5, 0.6) is 0 Å². The minimum absolute atomic E-state index is 0.0940. The van der Waals surface area contributed by atoms with E-state index in [4.69, 9.17) is 0 Å². The second-order valence-corrected chi connectivity index (χ2v) is 5.26. The normalized spacial score (nSPS) is 14.0. The number of aliphatic hydroxyl groups is 2. The fourth-order valence-electron chi connectivity index (χ4n) is 0.831. The molecule has 90 valence electrons. The fraction of sp³-hybridized carbons (Fsp3) is 0.400. The Morgan fingerprint density at radius 3 is 1.12 bits per heavy atom. The largest absolute Gasteiger partial charge is 0.511 e. The molecule has 0 spiro atoms. The molecular weight excluding hydrogens is 248 g/mol. The molecule has 0 aliphatic carbocycles. The van der Waals surface area contributed by atoms with Crippen LogP contribution < -0.4 is 0 Å². The average Bonchev–Trinajstić information content (AvgIpc) is 2.09. The molecule has 2 N–H and O–H groups in total. The maximum absolute atomic E-state index is 11.1. The second kappa shape index (κ2) is 6.65. The monoisotopic (exact) mass is 262 g/mol. The van der Waals surface area contributed by atoms with Crippen LogP contribution >= 0.6 is 21.6 Å². The van der Waals surface area contributed by atoms with Crippen molar-refractivity contribution < 1.29 is 19.8 Å². The van der Waals surface area contributed by atoms with E-state index in [0.29, 0.717) is 0 Å². The summed E-state index contributed by atoms with van der Waals surface area (Å²) in [6, 6.07) is 0. The molecule has 4 nitrogen and oxygen atoms in total. The third-order valence-corrected chi connectivity index (χ3v) is 4.34. The molecule has 0 radical (unpaired) electrons. The number of hydrogen-bond acceptors (Lipinski definition) is 6. The Bertz CT molecular complexity index is 325. The Labute approximate surface area is 102 Å². The van der Waals surface area contributed by atoms with Crippen LogP contribution in [0.4, 0.5) is 0 Å². The first-order chi connectivity index (χ1) is 7.27. The number of aliphatic hydroxyl groups excluding tert-OH is 2. The first kappa shape index (κ1) is 15.1. The molecule has 0 fully saturated rings. The van der Waals surface area contributed by atoms with Crippen molar-refractivity contribution in [1.82, 2.24) is 0 Å². The number of Topliss-reactive ketones (excluding diaryl/α,β-unsaturated/α-hetero) is 2. The minimum atomic E-state index is -0.281. The first-order valence-corrected chi connectivity index (χ1v) is 6.58. The summed E-state index contributed by atoms with van der Waals surface area (Å²) in [4.78, 5) is 22.6. The molecule has 0 atom stereocenters. The molecule has 0 rings (SSSR count). The van der Waals surface area contributed by atoms with Crippen molar-refractivity contribution in [1.29, 1.82) is 0 Å². The summed E-state index contributed by atoms with van der Waals surface area (Å²) in [5, 5.41) is 18.5. The predicted molar refractivity (Wildman–Crippen MR) is 67.2 cm³/mol. The molecule has 16 heavy (non-hydrogen) atoms. The van der Waals surface area contributed by atoms with Gasteiger partial charge in [0, 0.05) is 0 Å². The quantitative estimate of drug-likeness (QED) is 0.450. The molecule has 0 aliphatic rings. The number of rotatable bonds is 5. The van der Waals surface area contributed by atoms with E-state index in [1.807, 2.05) is 0 Å². The third kappa shape index (κ3) is 4.76. The molecule has 0 aromatic heterocycles. The van der Waals surface area contributed by atoms with Crippen LogP contribution in [0.3, 0.4) is 0 Å². The van der Waals surface area contributed by atoms with Crippen LogP contribution in [0.15, 0.2) is 21.3 Å². The molecule has 0 aliphatic heterocycles. The van der Waals surface area contributed by atoms with Gasteiger partial charge in [-0.1, -0.05) is 0 Å². The van der Waals surface area contributed by atoms with Gasteiger partial charge in [0.05, 0.1) is 9.81 Å². The lowest BCUT2D eigenvalue weighted by atomic mass is 10.4. The number of ketones is 2. The molecule has 0 saturated heterocycles. The zero-order valence-corrected chi connectivity index (χ0v) is 11.2. The van der Waals surface area contributed by atoms with E-state index >= 15 is 0 Å². The topological polar surface area (TPSA) is 74.6 Å². The standard InChI is InChI=1S/C10H14O4S2/c1-5(11)9(6(2)12)15-16-10(7(3)13)8(4)14/h11,13H,1-4H3/b9-5-,10-7-. The van der Waals surface area contributed by atoms with Crippen LogP contribution in [0.1, 0.15) is 27.7 Å². The van der Waals surface area contributed by atoms with Gasteiger partial charge in [-0.05, 0) is 49.3 Å². The highest BCUT2D eigenvalue weighted by Crippen LogP contribution is 2.39. The Morgan fingerprint density at radius 2 is 1.00 bits per heavy atom. The van der Waals surface area contributed by atoms with Gasteiger partial charge in [0.25, 0.3) is 0 Å². The van der Waals surface area contributed by atoms with Gasteiger partial charge in [0.2, 0.25) is 0 Å². The summed E-state index contributed by atoms with van der Waals surface area (Å²) >= 11 is 0. The van der Waals surface area contributed by atoms with Crippen LogP contribution in [0.2, 0.25) is 0 Å². The lowest BCUT2D eigenvalue weighted by molar-refractivity contribution is -0.114.